The van der Waals surface area contributed by atoms with Crippen LogP contribution in [0.5, 0.6) is 0 Å². The molecule has 1 N–H and O–H groups in total. The summed E-state index contributed by atoms with van der Waals surface area (Å²) in [5.41, 5.74) is 2.60. The van der Waals surface area contributed by atoms with Crippen LogP contribution >= 0.6 is 11.3 Å². The zero-order valence-electron chi connectivity index (χ0n) is 16.5. The van der Waals surface area contributed by atoms with Crippen molar-refractivity contribution >= 4 is 28.1 Å². The van der Waals surface area contributed by atoms with Crippen molar-refractivity contribution in [2.75, 3.05) is 36.5 Å². The molecule has 0 bridgehead atoms. The lowest BCUT2D eigenvalue weighted by atomic mass is 10.1. The molecule has 158 valence electrons. The predicted octanol–water partition coefficient (Wildman–Crippen LogP) is 2.53. The SMILES string of the molecule is O=C(Cn1nnc(-c2ccco2)n1)Nc1ccc(-c2csc(N3CCOCC3)n2)cc1. The number of hydrogen-bond donors (Lipinski definition) is 1. The maximum absolute atomic E-state index is 12.3. The minimum atomic E-state index is -0.251. The Labute approximate surface area is 181 Å². The van der Waals surface area contributed by atoms with Crippen LogP contribution in [0.2, 0.25) is 0 Å². The van der Waals surface area contributed by atoms with Crippen LogP contribution in [0.4, 0.5) is 10.8 Å². The number of hydrogen-bond acceptors (Lipinski definition) is 9. The summed E-state index contributed by atoms with van der Waals surface area (Å²) in [5.74, 6) is 0.585. The molecule has 0 radical (unpaired) electrons. The molecule has 3 aromatic heterocycles. The molecule has 4 aromatic rings. The smallest absolute Gasteiger partial charge is 0.248 e. The number of furan rings is 1. The summed E-state index contributed by atoms with van der Waals surface area (Å²) in [6.45, 7) is 3.14. The van der Waals surface area contributed by atoms with Gasteiger partial charge in [0.2, 0.25) is 11.7 Å². The summed E-state index contributed by atoms with van der Waals surface area (Å²) in [4.78, 5) is 20.5. The van der Waals surface area contributed by atoms with Crippen molar-refractivity contribution in [3.63, 3.8) is 0 Å². The maximum Gasteiger partial charge on any atom is 0.248 e. The Balaban J connectivity index is 1.19. The van der Waals surface area contributed by atoms with Crippen LogP contribution in [0.15, 0.2) is 52.5 Å². The number of nitrogens with one attached hydrogen (secondary N) is 1. The van der Waals surface area contributed by atoms with Crippen molar-refractivity contribution in [3.8, 4) is 22.8 Å². The maximum atomic E-state index is 12.3. The Hall–Kier alpha value is -3.57. The van der Waals surface area contributed by atoms with Gasteiger partial charge in [0.15, 0.2) is 10.9 Å². The lowest BCUT2D eigenvalue weighted by Crippen LogP contribution is -2.36. The largest absolute Gasteiger partial charge is 0.461 e. The van der Waals surface area contributed by atoms with E-state index in [9.17, 15) is 4.79 Å². The first-order valence-corrected chi connectivity index (χ1v) is 10.6. The Morgan fingerprint density at radius 3 is 2.77 bits per heavy atom. The molecule has 0 unspecified atom stereocenters. The van der Waals surface area contributed by atoms with Gasteiger partial charge in [-0.15, -0.1) is 21.5 Å². The summed E-state index contributed by atoms with van der Waals surface area (Å²) in [6.07, 6.45) is 1.53. The van der Waals surface area contributed by atoms with E-state index < -0.39 is 0 Å². The first-order chi connectivity index (χ1) is 15.2. The van der Waals surface area contributed by atoms with Gasteiger partial charge < -0.3 is 19.4 Å². The fourth-order valence-electron chi connectivity index (χ4n) is 3.16. The fraction of sp³-hybridized carbons (Fsp3) is 0.250. The molecule has 11 heteroatoms. The van der Waals surface area contributed by atoms with Gasteiger partial charge in [-0.1, -0.05) is 12.1 Å². The van der Waals surface area contributed by atoms with E-state index in [1.54, 1.807) is 23.5 Å². The van der Waals surface area contributed by atoms with Crippen LogP contribution in [0.25, 0.3) is 22.8 Å². The number of benzene rings is 1. The molecular formula is C20H19N7O3S. The van der Waals surface area contributed by atoms with Gasteiger partial charge in [-0.25, -0.2) is 4.98 Å². The molecule has 1 aromatic carbocycles. The molecule has 1 saturated heterocycles. The normalized spacial score (nSPS) is 14.0. The lowest BCUT2D eigenvalue weighted by Gasteiger charge is -2.26. The Kier molecular flexibility index (Phi) is 5.42. The monoisotopic (exact) mass is 437 g/mol. The van der Waals surface area contributed by atoms with Gasteiger partial charge in [-0.2, -0.15) is 4.80 Å². The van der Waals surface area contributed by atoms with Crippen LogP contribution < -0.4 is 10.2 Å². The van der Waals surface area contributed by atoms with Gasteiger partial charge in [-0.3, -0.25) is 4.79 Å². The molecular weight excluding hydrogens is 418 g/mol. The molecule has 0 atom stereocenters. The zero-order chi connectivity index (χ0) is 21.0. The van der Waals surface area contributed by atoms with Crippen molar-refractivity contribution in [2.24, 2.45) is 0 Å². The molecule has 4 heterocycles. The summed E-state index contributed by atoms with van der Waals surface area (Å²) >= 11 is 1.63. The summed E-state index contributed by atoms with van der Waals surface area (Å²) in [6, 6.07) is 11.1. The number of carbonyl (C=O) groups excluding carboxylic acids is 1. The number of ether oxygens (including phenoxy) is 1. The Bertz CT molecular complexity index is 1150. The molecule has 31 heavy (non-hydrogen) atoms. The van der Waals surface area contributed by atoms with Gasteiger partial charge in [0, 0.05) is 29.7 Å². The average Bonchev–Trinajstić information content (AvgIpc) is 3.56. The standard InChI is InChI=1S/C20H19N7O3S/c28-18(12-27-24-19(23-25-27)17-2-1-9-30-17)21-15-5-3-14(4-6-15)16-13-31-20(22-16)26-7-10-29-11-8-26/h1-6,9,13H,7-8,10-12H2,(H,21,28). The number of thiazole rings is 1. The third-order valence-electron chi connectivity index (χ3n) is 4.72. The highest BCUT2D eigenvalue weighted by atomic mass is 32.1. The van der Waals surface area contributed by atoms with E-state index in [2.05, 4.69) is 25.6 Å². The molecule has 10 nitrogen and oxygen atoms in total. The van der Waals surface area contributed by atoms with E-state index in [1.165, 1.54) is 11.1 Å². The third kappa shape index (κ3) is 4.47. The minimum absolute atomic E-state index is 0.0511. The Morgan fingerprint density at radius 2 is 2.00 bits per heavy atom. The van der Waals surface area contributed by atoms with Crippen molar-refractivity contribution in [1.82, 2.24) is 25.2 Å². The van der Waals surface area contributed by atoms with E-state index >= 15 is 0 Å². The second-order valence-corrected chi connectivity index (χ2v) is 7.70. The molecule has 1 aliphatic rings. The second-order valence-electron chi connectivity index (χ2n) is 6.86. The lowest BCUT2D eigenvalue weighted by molar-refractivity contribution is -0.117. The molecule has 0 saturated carbocycles. The summed E-state index contributed by atoms with van der Waals surface area (Å²) < 4.78 is 10.6. The van der Waals surface area contributed by atoms with Gasteiger partial charge in [0.25, 0.3) is 0 Å². The van der Waals surface area contributed by atoms with Crippen molar-refractivity contribution in [1.29, 1.82) is 0 Å². The van der Waals surface area contributed by atoms with Crippen LogP contribution in [-0.2, 0) is 16.1 Å². The molecule has 5 rings (SSSR count). The fourth-order valence-corrected chi connectivity index (χ4v) is 4.05. The number of carbonyl (C=O) groups is 1. The van der Waals surface area contributed by atoms with E-state index in [1.807, 2.05) is 29.6 Å². The number of rotatable bonds is 6. The molecule has 1 aliphatic heterocycles. The third-order valence-corrected chi connectivity index (χ3v) is 5.62. The molecule has 1 fully saturated rings. The Morgan fingerprint density at radius 1 is 1.16 bits per heavy atom. The molecule has 1 amide bonds. The van der Waals surface area contributed by atoms with Gasteiger partial charge in [0.1, 0.15) is 6.54 Å². The van der Waals surface area contributed by atoms with E-state index in [-0.39, 0.29) is 12.5 Å². The number of morpholine rings is 1. The highest BCUT2D eigenvalue weighted by Gasteiger charge is 2.15. The topological polar surface area (TPSA) is 111 Å². The first-order valence-electron chi connectivity index (χ1n) is 9.75. The van der Waals surface area contributed by atoms with Crippen LogP contribution in [0, 0.1) is 0 Å². The number of anilines is 2. The van der Waals surface area contributed by atoms with Gasteiger partial charge in [0.05, 0.1) is 25.2 Å². The van der Waals surface area contributed by atoms with Crippen molar-refractivity contribution < 1.29 is 13.9 Å². The number of tetrazole rings is 1. The summed E-state index contributed by atoms with van der Waals surface area (Å²) in [5, 5.41) is 17.8. The van der Waals surface area contributed by atoms with E-state index in [0.717, 1.165) is 42.7 Å². The zero-order valence-corrected chi connectivity index (χ0v) is 17.3. The van der Waals surface area contributed by atoms with Gasteiger partial charge in [-0.05, 0) is 29.5 Å². The highest BCUT2D eigenvalue weighted by molar-refractivity contribution is 7.14. The van der Waals surface area contributed by atoms with Crippen molar-refractivity contribution in [3.05, 3.63) is 48.0 Å². The van der Waals surface area contributed by atoms with Crippen LogP contribution in [0.1, 0.15) is 0 Å². The quantitative estimate of drug-likeness (QED) is 0.490. The average molecular weight is 437 g/mol. The summed E-state index contributed by atoms with van der Waals surface area (Å²) in [7, 11) is 0. The highest BCUT2D eigenvalue weighted by Crippen LogP contribution is 2.28. The second kappa shape index (κ2) is 8.66. The van der Waals surface area contributed by atoms with E-state index in [4.69, 9.17) is 14.1 Å². The van der Waals surface area contributed by atoms with Crippen LogP contribution in [-0.4, -0.2) is 57.4 Å². The predicted molar refractivity (Wildman–Crippen MR) is 115 cm³/mol. The van der Waals surface area contributed by atoms with Crippen molar-refractivity contribution in [2.45, 2.75) is 6.54 Å². The van der Waals surface area contributed by atoms with Crippen LogP contribution in [0.3, 0.4) is 0 Å². The molecule has 0 spiro atoms. The number of aromatic nitrogens is 5. The molecule has 0 aliphatic carbocycles. The number of amides is 1. The minimum Gasteiger partial charge on any atom is -0.461 e. The number of nitrogens with zero attached hydrogens (tertiary/aromatic N) is 6. The first kappa shape index (κ1) is 19.4. The van der Waals surface area contributed by atoms with E-state index in [0.29, 0.717) is 17.3 Å². The van der Waals surface area contributed by atoms with Gasteiger partial charge >= 0.3 is 0 Å².